The highest BCUT2D eigenvalue weighted by Gasteiger charge is 2.20. The number of quaternary nitrogens is 1. The van der Waals surface area contributed by atoms with Gasteiger partial charge < -0.3 is 23.6 Å². The molecule has 0 saturated carbocycles. The highest BCUT2D eigenvalue weighted by Crippen LogP contribution is 2.24. The maximum absolute atomic E-state index is 9.31. The van der Waals surface area contributed by atoms with Gasteiger partial charge in [-0.2, -0.15) is 0 Å². The van der Waals surface area contributed by atoms with Crippen LogP contribution in [0.1, 0.15) is 0 Å². The summed E-state index contributed by atoms with van der Waals surface area (Å²) < 4.78 is 15.8. The predicted molar refractivity (Wildman–Crippen MR) is 72.5 cm³/mol. The summed E-state index contributed by atoms with van der Waals surface area (Å²) in [6.07, 6.45) is 0. The summed E-state index contributed by atoms with van der Waals surface area (Å²) in [5.74, 6) is 0.387. The molecule has 1 rings (SSSR count). The highest BCUT2D eigenvalue weighted by atomic mass is 16.7. The van der Waals surface area contributed by atoms with Crippen molar-refractivity contribution in [2.75, 3.05) is 42.4 Å². The Hall–Kier alpha value is -1.24. The minimum atomic E-state index is -0.798. The second-order valence-electron chi connectivity index (χ2n) is 5.03. The minimum absolute atomic E-state index is 0.0570. The van der Waals surface area contributed by atoms with Gasteiger partial charge in [0.05, 0.1) is 28.2 Å². The van der Waals surface area contributed by atoms with Crippen molar-refractivity contribution >= 4 is 7.32 Å². The van der Waals surface area contributed by atoms with Crippen LogP contribution < -0.4 is 4.65 Å². The summed E-state index contributed by atoms with van der Waals surface area (Å²) in [7, 11) is 10.6. The molecule has 0 heterocycles. The first-order chi connectivity index (χ1) is 8.27. The van der Waals surface area contributed by atoms with Crippen molar-refractivity contribution in [3.05, 3.63) is 24.3 Å². The molecule has 0 fully saturated rings. The van der Waals surface area contributed by atoms with Gasteiger partial charge in [0.1, 0.15) is 5.75 Å². The summed E-state index contributed by atoms with van der Waals surface area (Å²) in [5, 5.41) is 9.31. The van der Waals surface area contributed by atoms with E-state index in [0.717, 1.165) is 4.48 Å². The Morgan fingerprint density at radius 3 is 1.83 bits per heavy atom. The number of hydrogen-bond acceptors (Lipinski definition) is 4. The van der Waals surface area contributed by atoms with Crippen LogP contribution in [0.25, 0.3) is 0 Å². The van der Waals surface area contributed by atoms with E-state index in [0.29, 0.717) is 5.75 Å². The maximum atomic E-state index is 9.31. The minimum Gasteiger partial charge on any atom is -0.509 e. The van der Waals surface area contributed by atoms with E-state index in [1.165, 1.54) is 20.3 Å². The molecule has 1 aromatic carbocycles. The number of aromatic hydroxyl groups is 1. The van der Waals surface area contributed by atoms with Crippen LogP contribution in [-0.2, 0) is 9.31 Å². The van der Waals surface area contributed by atoms with Gasteiger partial charge in [-0.25, -0.2) is 0 Å². The monoisotopic (exact) mass is 256 g/mol. The first kappa shape index (κ1) is 16.8. The lowest BCUT2D eigenvalue weighted by atomic mass is 10.2. The molecule has 6 heteroatoms. The molecule has 0 saturated heterocycles. The van der Waals surface area contributed by atoms with E-state index in [1.54, 1.807) is 18.2 Å². The third-order valence-electron chi connectivity index (χ3n) is 1.47. The SMILES string of the molecule is COB(OC)Oc1ccccc1O.C[N+](C)(C)C. The van der Waals surface area contributed by atoms with Crippen molar-refractivity contribution in [1.82, 2.24) is 0 Å². The molecule has 18 heavy (non-hydrogen) atoms. The van der Waals surface area contributed by atoms with Gasteiger partial charge in [-0.3, -0.25) is 0 Å². The fourth-order valence-corrected chi connectivity index (χ4v) is 0.853. The summed E-state index contributed by atoms with van der Waals surface area (Å²) in [6, 6.07) is 6.60. The van der Waals surface area contributed by atoms with Gasteiger partial charge in [0.25, 0.3) is 0 Å². The number of para-hydroxylation sites is 2. The summed E-state index contributed by atoms with van der Waals surface area (Å²) in [6.45, 7) is 0. The molecule has 0 unspecified atom stereocenters. The van der Waals surface area contributed by atoms with Gasteiger partial charge in [0.15, 0.2) is 5.75 Å². The molecule has 0 atom stereocenters. The van der Waals surface area contributed by atoms with Crippen LogP contribution in [0, 0.1) is 0 Å². The van der Waals surface area contributed by atoms with Crippen molar-refractivity contribution in [2.45, 2.75) is 0 Å². The largest absolute Gasteiger partial charge is 0.712 e. The van der Waals surface area contributed by atoms with Gasteiger partial charge in [-0.05, 0) is 12.1 Å². The zero-order chi connectivity index (χ0) is 14.2. The van der Waals surface area contributed by atoms with Crippen LogP contribution in [0.5, 0.6) is 11.5 Å². The van der Waals surface area contributed by atoms with Gasteiger partial charge in [0.2, 0.25) is 0 Å². The lowest BCUT2D eigenvalue weighted by Gasteiger charge is -2.14. The third kappa shape index (κ3) is 8.86. The van der Waals surface area contributed by atoms with Crippen molar-refractivity contribution in [1.29, 1.82) is 0 Å². The molecule has 1 aromatic rings. The Morgan fingerprint density at radius 1 is 1.00 bits per heavy atom. The molecule has 5 nitrogen and oxygen atoms in total. The van der Waals surface area contributed by atoms with Crippen molar-refractivity contribution in [3.8, 4) is 11.5 Å². The van der Waals surface area contributed by atoms with Gasteiger partial charge >= 0.3 is 7.32 Å². The van der Waals surface area contributed by atoms with Crippen molar-refractivity contribution in [3.63, 3.8) is 0 Å². The van der Waals surface area contributed by atoms with E-state index >= 15 is 0 Å². The molecule has 0 bridgehead atoms. The normalized spacial score (nSPS) is 10.3. The molecule has 0 aliphatic carbocycles. The number of phenolic OH excluding ortho intramolecular Hbond substituents is 1. The summed E-state index contributed by atoms with van der Waals surface area (Å²) in [4.78, 5) is 0. The molecular formula is C12H23BNO4+. The lowest BCUT2D eigenvalue weighted by Crippen LogP contribution is -2.27. The molecule has 0 aromatic heterocycles. The van der Waals surface area contributed by atoms with E-state index in [9.17, 15) is 5.11 Å². The number of rotatable bonds is 4. The molecule has 0 aliphatic rings. The molecule has 0 spiro atoms. The summed E-state index contributed by atoms with van der Waals surface area (Å²) >= 11 is 0. The number of nitrogens with zero attached hydrogens (tertiary/aromatic N) is 1. The third-order valence-corrected chi connectivity index (χ3v) is 1.47. The van der Waals surface area contributed by atoms with Crippen molar-refractivity contribution in [2.24, 2.45) is 0 Å². The molecule has 0 aliphatic heterocycles. The van der Waals surface area contributed by atoms with Crippen LogP contribution in [0.3, 0.4) is 0 Å². The van der Waals surface area contributed by atoms with Crippen LogP contribution >= 0.6 is 0 Å². The number of hydrogen-bond donors (Lipinski definition) is 1. The van der Waals surface area contributed by atoms with Crippen LogP contribution in [0.2, 0.25) is 0 Å². The molecule has 0 radical (unpaired) electrons. The fraction of sp³-hybridized carbons (Fsp3) is 0.500. The average Bonchev–Trinajstić information content (AvgIpc) is 2.26. The van der Waals surface area contributed by atoms with Gasteiger partial charge in [-0.15, -0.1) is 0 Å². The maximum Gasteiger partial charge on any atom is 0.712 e. The number of benzene rings is 1. The second kappa shape index (κ2) is 7.97. The van der Waals surface area contributed by atoms with Crippen molar-refractivity contribution < 1.29 is 23.6 Å². The molecule has 102 valence electrons. The lowest BCUT2D eigenvalue weighted by molar-refractivity contribution is -0.849. The Kier molecular flexibility index (Phi) is 7.42. The van der Waals surface area contributed by atoms with Gasteiger partial charge in [-0.1, -0.05) is 12.1 Å². The zero-order valence-corrected chi connectivity index (χ0v) is 12.0. The Morgan fingerprint density at radius 2 is 1.44 bits per heavy atom. The smallest absolute Gasteiger partial charge is 0.509 e. The quantitative estimate of drug-likeness (QED) is 0.653. The van der Waals surface area contributed by atoms with Crippen LogP contribution in [0.4, 0.5) is 0 Å². The topological polar surface area (TPSA) is 47.9 Å². The Balaban J connectivity index is 0.000000494. The number of phenols is 1. The summed E-state index contributed by atoms with van der Waals surface area (Å²) in [5.41, 5.74) is 0. The van der Waals surface area contributed by atoms with E-state index in [4.69, 9.17) is 14.0 Å². The van der Waals surface area contributed by atoms with Crippen LogP contribution in [0.15, 0.2) is 24.3 Å². The standard InChI is InChI=1S/C8H11BO4.C4H12N/c1-11-9(12-2)13-8-6-4-3-5-7(8)10;1-5(2,3)4/h3-6,10H,1-2H3;1-4H3/q;+1. The van der Waals surface area contributed by atoms with E-state index < -0.39 is 7.32 Å². The van der Waals surface area contributed by atoms with Crippen LogP contribution in [-0.4, -0.2) is 59.3 Å². The predicted octanol–water partition coefficient (Wildman–Crippen LogP) is 1.37. The Labute approximate surface area is 110 Å². The van der Waals surface area contributed by atoms with Gasteiger partial charge in [0, 0.05) is 14.2 Å². The Bertz CT molecular complexity index is 331. The average molecular weight is 256 g/mol. The van der Waals surface area contributed by atoms with E-state index in [1.807, 2.05) is 0 Å². The first-order valence-electron chi connectivity index (χ1n) is 5.57. The molecular weight excluding hydrogens is 233 g/mol. The van der Waals surface area contributed by atoms with E-state index in [2.05, 4.69) is 28.2 Å². The first-order valence-corrected chi connectivity index (χ1v) is 5.57. The second-order valence-corrected chi connectivity index (χ2v) is 5.03. The van der Waals surface area contributed by atoms with E-state index in [-0.39, 0.29) is 5.75 Å². The highest BCUT2D eigenvalue weighted by molar-refractivity contribution is 6.37. The molecule has 1 N–H and O–H groups in total. The zero-order valence-electron chi connectivity index (χ0n) is 12.0. The molecule has 0 amide bonds. The fourth-order valence-electron chi connectivity index (χ4n) is 0.853.